The second-order valence-corrected chi connectivity index (χ2v) is 5.07. The third kappa shape index (κ3) is 2.73. The summed E-state index contributed by atoms with van der Waals surface area (Å²) in [6.45, 7) is 0.806. The molecule has 1 aromatic carbocycles. The van der Waals surface area contributed by atoms with E-state index in [9.17, 15) is 0 Å². The molecule has 0 spiro atoms. The molecule has 80 valence electrons. The van der Waals surface area contributed by atoms with Crippen LogP contribution in [0.3, 0.4) is 0 Å². The summed E-state index contributed by atoms with van der Waals surface area (Å²) in [6.07, 6.45) is 2.27. The van der Waals surface area contributed by atoms with Crippen molar-refractivity contribution in [2.45, 2.75) is 12.8 Å². The van der Waals surface area contributed by atoms with Crippen LogP contribution >= 0.6 is 27.3 Å². The van der Waals surface area contributed by atoms with E-state index in [0.29, 0.717) is 0 Å². The lowest BCUT2D eigenvalue weighted by molar-refractivity contribution is 0.313. The van der Waals surface area contributed by atoms with E-state index in [1.54, 1.807) is 11.3 Å². The number of unbranched alkanes of at least 4 members (excludes halogenated alkanes) is 1. The fourth-order valence-corrected chi connectivity index (χ4v) is 2.67. The first-order valence-electron chi connectivity index (χ1n) is 5.07. The molecule has 0 fully saturated rings. The average molecular weight is 285 g/mol. The van der Waals surface area contributed by atoms with Crippen LogP contribution in [-0.2, 0) is 0 Å². The van der Waals surface area contributed by atoms with Crippen molar-refractivity contribution in [1.29, 1.82) is 0 Å². The van der Waals surface area contributed by atoms with Gasteiger partial charge in [0.2, 0.25) is 0 Å². The smallest absolute Gasteiger partial charge is 0.127 e. The summed E-state index contributed by atoms with van der Waals surface area (Å²) in [7, 11) is 0. The van der Waals surface area contributed by atoms with E-state index in [0.717, 1.165) is 24.1 Å². The van der Waals surface area contributed by atoms with Gasteiger partial charge in [-0.3, -0.25) is 0 Å². The number of thiophene rings is 1. The molecule has 1 nitrogen and oxygen atoms in total. The van der Waals surface area contributed by atoms with E-state index in [4.69, 9.17) is 4.74 Å². The van der Waals surface area contributed by atoms with Gasteiger partial charge in [-0.25, -0.2) is 0 Å². The molecule has 0 radical (unpaired) electrons. The topological polar surface area (TPSA) is 9.23 Å². The number of fused-ring (bicyclic) bond motifs is 1. The molecule has 0 unspecified atom stereocenters. The maximum Gasteiger partial charge on any atom is 0.127 e. The lowest BCUT2D eigenvalue weighted by atomic mass is 10.2. The van der Waals surface area contributed by atoms with Crippen LogP contribution < -0.4 is 4.74 Å². The van der Waals surface area contributed by atoms with Crippen LogP contribution in [0, 0.1) is 0 Å². The fourth-order valence-electron chi connectivity index (χ4n) is 1.47. The van der Waals surface area contributed by atoms with Crippen LogP contribution in [0.4, 0.5) is 0 Å². The van der Waals surface area contributed by atoms with Crippen molar-refractivity contribution in [1.82, 2.24) is 0 Å². The van der Waals surface area contributed by atoms with Crippen LogP contribution in [0.2, 0.25) is 0 Å². The minimum atomic E-state index is 0.806. The third-order valence-electron chi connectivity index (χ3n) is 2.24. The van der Waals surface area contributed by atoms with Crippen molar-refractivity contribution in [3.05, 3.63) is 29.6 Å². The van der Waals surface area contributed by atoms with E-state index in [1.165, 1.54) is 16.5 Å². The SMILES string of the molecule is BrCCCCOc1cccc2sccc12. The van der Waals surface area contributed by atoms with E-state index >= 15 is 0 Å². The van der Waals surface area contributed by atoms with Crippen molar-refractivity contribution in [2.24, 2.45) is 0 Å². The zero-order chi connectivity index (χ0) is 10.5. The van der Waals surface area contributed by atoms with E-state index < -0.39 is 0 Å². The summed E-state index contributed by atoms with van der Waals surface area (Å²) in [5.74, 6) is 1.02. The van der Waals surface area contributed by atoms with Crippen LogP contribution in [0.1, 0.15) is 12.8 Å². The minimum Gasteiger partial charge on any atom is -0.493 e. The van der Waals surface area contributed by atoms with Gasteiger partial charge in [-0.1, -0.05) is 22.0 Å². The highest BCUT2D eigenvalue weighted by atomic mass is 79.9. The Morgan fingerprint density at radius 2 is 2.13 bits per heavy atom. The monoisotopic (exact) mass is 284 g/mol. The molecular formula is C12H13BrOS. The van der Waals surface area contributed by atoms with E-state index in [2.05, 4.69) is 39.5 Å². The van der Waals surface area contributed by atoms with Crippen molar-refractivity contribution < 1.29 is 4.74 Å². The van der Waals surface area contributed by atoms with Crippen molar-refractivity contribution in [2.75, 3.05) is 11.9 Å². The Balaban J connectivity index is 2.04. The van der Waals surface area contributed by atoms with Crippen LogP contribution in [0.15, 0.2) is 29.6 Å². The van der Waals surface area contributed by atoms with Crippen molar-refractivity contribution in [3.63, 3.8) is 0 Å². The average Bonchev–Trinajstić information content (AvgIpc) is 2.73. The highest BCUT2D eigenvalue weighted by Gasteiger charge is 2.01. The van der Waals surface area contributed by atoms with Crippen LogP contribution in [0.25, 0.3) is 10.1 Å². The lowest BCUT2D eigenvalue weighted by Gasteiger charge is -2.06. The Kier molecular flexibility index (Phi) is 4.03. The maximum absolute atomic E-state index is 5.77. The highest BCUT2D eigenvalue weighted by Crippen LogP contribution is 2.29. The van der Waals surface area contributed by atoms with Gasteiger partial charge in [-0.05, 0) is 36.4 Å². The number of halogens is 1. The molecule has 0 saturated heterocycles. The Hall–Kier alpha value is -0.540. The predicted molar refractivity (Wildman–Crippen MR) is 70.3 cm³/mol. The fraction of sp³-hybridized carbons (Fsp3) is 0.333. The summed E-state index contributed by atoms with van der Waals surface area (Å²) < 4.78 is 7.06. The number of hydrogen-bond donors (Lipinski definition) is 0. The first kappa shape index (κ1) is 11.0. The van der Waals surface area contributed by atoms with Gasteiger partial charge in [0.25, 0.3) is 0 Å². The van der Waals surface area contributed by atoms with E-state index in [1.807, 2.05) is 6.07 Å². The second kappa shape index (κ2) is 5.52. The van der Waals surface area contributed by atoms with Crippen LogP contribution in [0.5, 0.6) is 5.75 Å². The molecule has 0 amide bonds. The molecular weight excluding hydrogens is 272 g/mol. The van der Waals surface area contributed by atoms with Gasteiger partial charge in [0.05, 0.1) is 6.61 Å². The molecule has 0 atom stereocenters. The number of hydrogen-bond acceptors (Lipinski definition) is 2. The van der Waals surface area contributed by atoms with Gasteiger partial charge in [-0.15, -0.1) is 11.3 Å². The molecule has 3 heteroatoms. The molecule has 0 N–H and O–H groups in total. The summed E-state index contributed by atoms with van der Waals surface area (Å²) in [6, 6.07) is 8.35. The van der Waals surface area contributed by atoms with Gasteiger partial charge in [0.1, 0.15) is 5.75 Å². The van der Waals surface area contributed by atoms with Gasteiger partial charge in [-0.2, -0.15) is 0 Å². The number of rotatable bonds is 5. The summed E-state index contributed by atoms with van der Waals surface area (Å²) in [5, 5.41) is 4.40. The van der Waals surface area contributed by atoms with Crippen molar-refractivity contribution in [3.8, 4) is 5.75 Å². The molecule has 2 rings (SSSR count). The molecule has 0 saturated carbocycles. The zero-order valence-corrected chi connectivity index (χ0v) is 10.8. The summed E-state index contributed by atoms with van der Waals surface area (Å²) in [4.78, 5) is 0. The Bertz CT molecular complexity index is 424. The quantitative estimate of drug-likeness (QED) is 0.582. The predicted octanol–water partition coefficient (Wildman–Crippen LogP) is 4.46. The highest BCUT2D eigenvalue weighted by molar-refractivity contribution is 9.09. The molecule has 2 aromatic rings. The number of ether oxygens (including phenoxy) is 1. The molecule has 15 heavy (non-hydrogen) atoms. The lowest BCUT2D eigenvalue weighted by Crippen LogP contribution is -1.97. The summed E-state index contributed by atoms with van der Waals surface area (Å²) in [5.41, 5.74) is 0. The van der Waals surface area contributed by atoms with E-state index in [-0.39, 0.29) is 0 Å². The Morgan fingerprint density at radius 3 is 3.00 bits per heavy atom. The van der Waals surface area contributed by atoms with Gasteiger partial charge < -0.3 is 4.74 Å². The first-order valence-corrected chi connectivity index (χ1v) is 7.07. The van der Waals surface area contributed by atoms with Crippen LogP contribution in [-0.4, -0.2) is 11.9 Å². The molecule has 1 aromatic heterocycles. The van der Waals surface area contributed by atoms with Gasteiger partial charge >= 0.3 is 0 Å². The van der Waals surface area contributed by atoms with Gasteiger partial charge in [0.15, 0.2) is 0 Å². The minimum absolute atomic E-state index is 0.806. The summed E-state index contributed by atoms with van der Waals surface area (Å²) >= 11 is 5.17. The van der Waals surface area contributed by atoms with Crippen molar-refractivity contribution >= 4 is 37.4 Å². The maximum atomic E-state index is 5.77. The number of benzene rings is 1. The number of alkyl halides is 1. The molecule has 0 aliphatic carbocycles. The second-order valence-electron chi connectivity index (χ2n) is 3.33. The molecule has 0 aliphatic heterocycles. The molecule has 0 bridgehead atoms. The third-order valence-corrected chi connectivity index (χ3v) is 3.68. The Morgan fingerprint density at radius 1 is 1.20 bits per heavy atom. The Labute approximate surface area is 102 Å². The molecule has 1 heterocycles. The standard InChI is InChI=1S/C12H13BrOS/c13-7-1-2-8-14-11-4-3-5-12-10(11)6-9-15-12/h3-6,9H,1-2,7-8H2. The largest absolute Gasteiger partial charge is 0.493 e. The first-order chi connectivity index (χ1) is 7.42. The van der Waals surface area contributed by atoms with Gasteiger partial charge in [0, 0.05) is 15.4 Å². The molecule has 0 aliphatic rings. The zero-order valence-electron chi connectivity index (χ0n) is 8.41. The normalized spacial score (nSPS) is 10.7.